The van der Waals surface area contributed by atoms with E-state index in [0.717, 1.165) is 5.56 Å². The first kappa shape index (κ1) is 29.9. The number of anilines is 1. The molecule has 1 fully saturated rings. The number of carbonyl (C=O) groups is 5. The van der Waals surface area contributed by atoms with E-state index in [-0.39, 0.29) is 18.0 Å². The van der Waals surface area contributed by atoms with Gasteiger partial charge in [-0.25, -0.2) is 0 Å². The molecule has 1 saturated heterocycles. The number of carbonyl (C=O) groups excluding carboxylic acids is 5. The average Bonchev–Trinajstić information content (AvgIpc) is 3.43. The van der Waals surface area contributed by atoms with E-state index < -0.39 is 47.8 Å². The highest BCUT2D eigenvalue weighted by molar-refractivity contribution is 6.00. The molecule has 0 unspecified atom stereocenters. The molecule has 2 aromatic carbocycles. The van der Waals surface area contributed by atoms with Crippen LogP contribution in [0.4, 0.5) is 5.69 Å². The summed E-state index contributed by atoms with van der Waals surface area (Å²) in [5.41, 5.74) is 1.01. The van der Waals surface area contributed by atoms with Gasteiger partial charge >= 0.3 is 11.2 Å². The number of likely N-dealkylation sites (tertiary alicyclic amines) is 1. The highest BCUT2D eigenvalue weighted by Crippen LogP contribution is 2.20. The van der Waals surface area contributed by atoms with Crippen LogP contribution in [0, 0.1) is 4.91 Å². The SMILES string of the molecule is CC(=O)N[C@@H](C)C(=O)N[C@@H](C)C(=O)N1CCC[C@H]1C(=O)N[C@@H](Cc1ccccc1)C(=O)N([N+]=O)c1ccccc1. The molecule has 1 aliphatic rings. The van der Waals surface area contributed by atoms with Gasteiger partial charge in [0, 0.05) is 24.9 Å². The van der Waals surface area contributed by atoms with Gasteiger partial charge in [-0.05, 0) is 44.4 Å². The highest BCUT2D eigenvalue weighted by atomic mass is 16.3. The summed E-state index contributed by atoms with van der Waals surface area (Å²) in [7, 11) is 0. The number of hydrogen-bond donors (Lipinski definition) is 3. The number of nitroso groups, excluding NO2 is 1. The smallest absolute Gasteiger partial charge is 0.345 e. The molecule has 1 radical (unpaired) electrons. The zero-order valence-corrected chi connectivity index (χ0v) is 22.7. The fraction of sp³-hybridized carbons (Fsp3) is 0.393. The predicted molar refractivity (Wildman–Crippen MR) is 147 cm³/mol. The molecule has 0 bridgehead atoms. The van der Waals surface area contributed by atoms with E-state index in [1.165, 1.54) is 25.7 Å². The van der Waals surface area contributed by atoms with Crippen molar-refractivity contribution in [3.63, 3.8) is 0 Å². The van der Waals surface area contributed by atoms with Crippen LogP contribution in [0.25, 0.3) is 0 Å². The summed E-state index contributed by atoms with van der Waals surface area (Å²) in [6.07, 6.45) is 1.01. The van der Waals surface area contributed by atoms with Gasteiger partial charge in [0.2, 0.25) is 23.6 Å². The van der Waals surface area contributed by atoms with Crippen molar-refractivity contribution < 1.29 is 24.0 Å². The molecule has 3 N–H and O–H groups in total. The van der Waals surface area contributed by atoms with Gasteiger partial charge in [-0.3, -0.25) is 24.0 Å². The normalized spacial score (nSPS) is 16.7. The van der Waals surface area contributed by atoms with Crippen LogP contribution in [-0.2, 0) is 30.4 Å². The Hall–Kier alpha value is -4.61. The maximum Gasteiger partial charge on any atom is 0.494 e. The van der Waals surface area contributed by atoms with Crippen LogP contribution >= 0.6 is 0 Å². The second-order valence-corrected chi connectivity index (χ2v) is 9.66. The molecule has 1 heterocycles. The van der Waals surface area contributed by atoms with Crippen LogP contribution in [0.2, 0.25) is 0 Å². The number of nitrogens with one attached hydrogen (secondary N) is 3. The first-order valence-electron chi connectivity index (χ1n) is 13.1. The van der Waals surface area contributed by atoms with Crippen molar-refractivity contribution in [2.75, 3.05) is 11.6 Å². The third-order valence-electron chi connectivity index (χ3n) is 6.57. The van der Waals surface area contributed by atoms with Gasteiger partial charge in [0.1, 0.15) is 34.8 Å². The summed E-state index contributed by atoms with van der Waals surface area (Å²) in [5.74, 6) is -2.65. The molecule has 0 aliphatic carbocycles. The fourth-order valence-corrected chi connectivity index (χ4v) is 4.57. The Morgan fingerprint density at radius 2 is 1.55 bits per heavy atom. The minimum atomic E-state index is -1.14. The maximum absolute atomic E-state index is 13.5. The van der Waals surface area contributed by atoms with Crippen LogP contribution in [-0.4, -0.2) is 65.1 Å². The number of nitrogens with zero attached hydrogens (tertiary/aromatic N) is 3. The lowest BCUT2D eigenvalue weighted by molar-refractivity contribution is -0.142. The standard InChI is InChI=1S/C28H34N6O6/c1-18(29-20(3)35)25(36)30-19(2)27(38)33-16-10-15-24(33)26(37)31-23(17-21-11-6-4-7-12-21)28(39)34(32-40)22-13-8-5-9-14-22/h4-9,11-14,18-19,23-24H,10,15-17H2,1-3H3,(H,29,35)(H,30,36)(H,31,37)/q+1/t18-,19-,23-,24-/m0/s1. The third kappa shape index (κ3) is 7.71. The molecule has 3 rings (SSSR count). The third-order valence-corrected chi connectivity index (χ3v) is 6.57. The van der Waals surface area contributed by atoms with Crippen LogP contribution < -0.4 is 26.2 Å². The zero-order valence-electron chi connectivity index (χ0n) is 22.7. The van der Waals surface area contributed by atoms with E-state index in [9.17, 15) is 28.9 Å². The van der Waals surface area contributed by atoms with Crippen LogP contribution in [0.3, 0.4) is 0 Å². The molecule has 0 saturated carbocycles. The van der Waals surface area contributed by atoms with Crippen molar-refractivity contribution in [2.45, 2.75) is 64.2 Å². The molecule has 40 heavy (non-hydrogen) atoms. The molecule has 4 atom stereocenters. The number of para-hydroxylation sites is 1. The molecule has 1 aliphatic heterocycles. The Morgan fingerprint density at radius 3 is 2.15 bits per heavy atom. The van der Waals surface area contributed by atoms with E-state index in [0.29, 0.717) is 24.4 Å². The van der Waals surface area contributed by atoms with E-state index in [1.54, 1.807) is 54.6 Å². The Morgan fingerprint density at radius 1 is 0.925 bits per heavy atom. The highest BCUT2D eigenvalue weighted by Gasteiger charge is 2.40. The molecular weight excluding hydrogens is 516 g/mol. The van der Waals surface area contributed by atoms with Crippen LogP contribution in [0.15, 0.2) is 60.7 Å². The van der Waals surface area contributed by atoms with Crippen molar-refractivity contribution in [3.8, 4) is 0 Å². The van der Waals surface area contributed by atoms with Crippen molar-refractivity contribution in [2.24, 2.45) is 0 Å². The molecular formula is C28H34N6O6+. The summed E-state index contributed by atoms with van der Waals surface area (Å²) < 4.78 is 0. The zero-order chi connectivity index (χ0) is 29.2. The number of benzene rings is 2. The van der Waals surface area contributed by atoms with Gasteiger partial charge in [-0.2, -0.15) is 0 Å². The van der Waals surface area contributed by atoms with Gasteiger partial charge in [0.25, 0.3) is 0 Å². The maximum atomic E-state index is 13.5. The van der Waals surface area contributed by atoms with E-state index >= 15 is 0 Å². The monoisotopic (exact) mass is 550 g/mol. The van der Waals surface area contributed by atoms with Crippen LogP contribution in [0.1, 0.15) is 39.2 Å². The van der Waals surface area contributed by atoms with Gasteiger partial charge in [-0.1, -0.05) is 48.5 Å². The lowest BCUT2D eigenvalue weighted by atomic mass is 10.0. The minimum absolute atomic E-state index is 0.0957. The quantitative estimate of drug-likeness (QED) is 0.351. The second kappa shape index (κ2) is 14.0. The van der Waals surface area contributed by atoms with E-state index in [2.05, 4.69) is 21.2 Å². The summed E-state index contributed by atoms with van der Waals surface area (Å²) in [4.78, 5) is 76.8. The lowest BCUT2D eigenvalue weighted by Crippen LogP contribution is -2.57. The molecule has 211 valence electrons. The number of rotatable bonds is 11. The Kier molecular flexibility index (Phi) is 10.5. The summed E-state index contributed by atoms with van der Waals surface area (Å²) >= 11 is 0. The van der Waals surface area contributed by atoms with Gasteiger partial charge in [0.15, 0.2) is 0 Å². The van der Waals surface area contributed by atoms with Crippen molar-refractivity contribution in [1.29, 1.82) is 0 Å². The minimum Gasteiger partial charge on any atom is -0.345 e. The predicted octanol–water partition coefficient (Wildman–Crippen LogP) is 0.785. The number of hydrogen-bond acceptors (Lipinski definition) is 7. The van der Waals surface area contributed by atoms with Gasteiger partial charge < -0.3 is 20.9 Å². The first-order chi connectivity index (χ1) is 19.1. The number of amides is 5. The molecule has 0 aromatic heterocycles. The van der Waals surface area contributed by atoms with Gasteiger partial charge in [-0.15, -0.1) is 0 Å². The van der Waals surface area contributed by atoms with E-state index in [4.69, 9.17) is 0 Å². The molecule has 2 aromatic rings. The summed E-state index contributed by atoms with van der Waals surface area (Å²) in [6.45, 7) is 4.58. The Balaban J connectivity index is 1.76. The molecule has 5 amide bonds. The Bertz CT molecular complexity index is 1220. The first-order valence-corrected chi connectivity index (χ1v) is 13.1. The molecule has 12 heteroatoms. The largest absolute Gasteiger partial charge is 0.494 e. The van der Waals surface area contributed by atoms with Crippen molar-refractivity contribution in [3.05, 3.63) is 71.1 Å². The fourth-order valence-electron chi connectivity index (χ4n) is 4.57. The van der Waals surface area contributed by atoms with Crippen molar-refractivity contribution >= 4 is 35.2 Å². The molecule has 12 nitrogen and oxygen atoms in total. The average molecular weight is 551 g/mol. The Labute approximate surface area is 232 Å². The van der Waals surface area contributed by atoms with Gasteiger partial charge in [0.05, 0.1) is 0 Å². The summed E-state index contributed by atoms with van der Waals surface area (Å²) in [6, 6.07) is 13.4. The summed E-state index contributed by atoms with van der Waals surface area (Å²) in [5, 5.41) is 11.4. The van der Waals surface area contributed by atoms with E-state index in [1.807, 2.05) is 6.07 Å². The van der Waals surface area contributed by atoms with Crippen molar-refractivity contribution in [1.82, 2.24) is 26.1 Å². The second-order valence-electron chi connectivity index (χ2n) is 9.66. The van der Waals surface area contributed by atoms with Crippen LogP contribution in [0.5, 0.6) is 0 Å². The molecule has 0 spiro atoms. The topological polar surface area (TPSA) is 159 Å². The lowest BCUT2D eigenvalue weighted by Gasteiger charge is -2.29.